The predicted molar refractivity (Wildman–Crippen MR) is 93.9 cm³/mol. The molecule has 9 heteroatoms. The van der Waals surface area contributed by atoms with Crippen LogP contribution in [-0.2, 0) is 25.8 Å². The number of carbonyl (C=O) groups excluding carboxylic acids is 2. The van der Waals surface area contributed by atoms with Gasteiger partial charge in [0.2, 0.25) is 11.8 Å². The normalized spacial score (nSPS) is 16.0. The Labute approximate surface area is 147 Å². The predicted octanol–water partition coefficient (Wildman–Crippen LogP) is 0.476. The van der Waals surface area contributed by atoms with E-state index in [2.05, 4.69) is 10.6 Å². The molecule has 1 atom stereocenters. The first-order valence-electron chi connectivity index (χ1n) is 7.39. The van der Waals surface area contributed by atoms with Gasteiger partial charge in [-0.3, -0.25) is 9.59 Å². The van der Waals surface area contributed by atoms with Gasteiger partial charge in [0.1, 0.15) is 0 Å². The van der Waals surface area contributed by atoms with Crippen LogP contribution in [0.2, 0.25) is 0 Å². The number of fused-ring (bicyclic) bond motifs is 1. The van der Waals surface area contributed by atoms with Gasteiger partial charge in [0.15, 0.2) is 9.84 Å². The number of halogens is 1. The zero-order chi connectivity index (χ0) is 17.2. The number of sulfone groups is 1. The molecule has 0 saturated heterocycles. The van der Waals surface area contributed by atoms with Crippen molar-refractivity contribution in [2.24, 2.45) is 11.7 Å². The summed E-state index contributed by atoms with van der Waals surface area (Å²) >= 11 is 0. The van der Waals surface area contributed by atoms with Crippen molar-refractivity contribution in [3.63, 3.8) is 0 Å². The van der Waals surface area contributed by atoms with Crippen LogP contribution < -0.4 is 16.4 Å². The van der Waals surface area contributed by atoms with E-state index in [-0.39, 0.29) is 35.5 Å². The van der Waals surface area contributed by atoms with Gasteiger partial charge in [-0.2, -0.15) is 0 Å². The number of nitrogens with one attached hydrogen (secondary N) is 2. The number of amides is 2. The van der Waals surface area contributed by atoms with Crippen molar-refractivity contribution in [1.29, 1.82) is 0 Å². The molecule has 1 aliphatic rings. The summed E-state index contributed by atoms with van der Waals surface area (Å²) in [4.78, 5) is 23.8. The topological polar surface area (TPSA) is 118 Å². The first-order valence-corrected chi connectivity index (χ1v) is 9.05. The molecule has 0 saturated carbocycles. The summed E-state index contributed by atoms with van der Waals surface area (Å²) in [6, 6.07) is 4.13. The van der Waals surface area contributed by atoms with Crippen LogP contribution in [0.1, 0.15) is 19.4 Å². The molecule has 2 rings (SSSR count). The maximum atomic E-state index is 11.9. The molecule has 134 valence electrons. The second-order valence-corrected chi connectivity index (χ2v) is 8.00. The lowest BCUT2D eigenvalue weighted by atomic mass is 10.1. The van der Waals surface area contributed by atoms with Crippen LogP contribution in [-0.4, -0.2) is 38.6 Å². The van der Waals surface area contributed by atoms with Gasteiger partial charge in [-0.15, -0.1) is 12.4 Å². The van der Waals surface area contributed by atoms with Crippen LogP contribution in [0.5, 0.6) is 0 Å². The second kappa shape index (κ2) is 7.96. The molecular formula is C15H22ClN3O4S. The molecule has 0 aromatic heterocycles. The van der Waals surface area contributed by atoms with E-state index in [0.29, 0.717) is 12.1 Å². The van der Waals surface area contributed by atoms with Gasteiger partial charge in [0, 0.05) is 5.69 Å². The fourth-order valence-corrected chi connectivity index (χ4v) is 3.86. The van der Waals surface area contributed by atoms with Crippen LogP contribution in [0.15, 0.2) is 23.1 Å². The summed E-state index contributed by atoms with van der Waals surface area (Å²) in [5, 5.41) is 5.03. The zero-order valence-corrected chi connectivity index (χ0v) is 15.2. The van der Waals surface area contributed by atoms with E-state index in [9.17, 15) is 18.0 Å². The van der Waals surface area contributed by atoms with E-state index in [0.717, 1.165) is 5.56 Å². The summed E-state index contributed by atoms with van der Waals surface area (Å²) in [5.74, 6) is -0.764. The van der Waals surface area contributed by atoms with E-state index >= 15 is 0 Å². The summed E-state index contributed by atoms with van der Waals surface area (Å²) in [6.45, 7) is 3.41. The first-order chi connectivity index (χ1) is 10.7. The van der Waals surface area contributed by atoms with Crippen molar-refractivity contribution in [2.75, 3.05) is 17.6 Å². The van der Waals surface area contributed by atoms with Gasteiger partial charge in [-0.1, -0.05) is 19.9 Å². The number of benzene rings is 1. The monoisotopic (exact) mass is 375 g/mol. The number of carbonyl (C=O) groups is 2. The molecule has 1 aromatic carbocycles. The van der Waals surface area contributed by atoms with Gasteiger partial charge in [0.05, 0.1) is 23.2 Å². The van der Waals surface area contributed by atoms with E-state index in [1.54, 1.807) is 12.1 Å². The van der Waals surface area contributed by atoms with Gasteiger partial charge in [-0.25, -0.2) is 8.42 Å². The smallest absolute Gasteiger partial charge is 0.243 e. The highest BCUT2D eigenvalue weighted by Gasteiger charge is 2.26. The maximum absolute atomic E-state index is 11.9. The number of nitrogens with two attached hydrogens (primary N) is 1. The van der Waals surface area contributed by atoms with Crippen molar-refractivity contribution >= 4 is 39.7 Å². The lowest BCUT2D eigenvalue weighted by Crippen LogP contribution is -2.46. The van der Waals surface area contributed by atoms with E-state index in [1.165, 1.54) is 6.07 Å². The number of hydrogen-bond acceptors (Lipinski definition) is 5. The van der Waals surface area contributed by atoms with Crippen molar-refractivity contribution in [1.82, 2.24) is 5.32 Å². The molecule has 0 unspecified atom stereocenters. The number of aryl methyl sites for hydroxylation is 1. The Morgan fingerprint density at radius 2 is 1.96 bits per heavy atom. The largest absolute Gasteiger partial charge is 0.346 e. The average molecular weight is 376 g/mol. The lowest BCUT2D eigenvalue weighted by molar-refractivity contribution is -0.125. The summed E-state index contributed by atoms with van der Waals surface area (Å²) < 4.78 is 23.7. The van der Waals surface area contributed by atoms with Crippen LogP contribution >= 0.6 is 12.4 Å². The fraction of sp³-hybridized carbons (Fsp3) is 0.467. The Hall–Kier alpha value is -1.64. The SMILES string of the molecule is CC(C)[C@H](N)C(=O)NCC(=O)Nc1ccc2c(c1)S(=O)(=O)CC2.Cl. The lowest BCUT2D eigenvalue weighted by Gasteiger charge is -2.15. The highest BCUT2D eigenvalue weighted by Crippen LogP contribution is 2.28. The Kier molecular flexibility index (Phi) is 6.76. The molecule has 1 heterocycles. The Bertz CT molecular complexity index is 734. The van der Waals surface area contributed by atoms with E-state index in [1.807, 2.05) is 13.8 Å². The van der Waals surface area contributed by atoms with Crippen LogP contribution in [0, 0.1) is 5.92 Å². The Morgan fingerprint density at radius 1 is 1.29 bits per heavy atom. The third-order valence-corrected chi connectivity index (χ3v) is 5.56. The van der Waals surface area contributed by atoms with Crippen molar-refractivity contribution in [3.05, 3.63) is 23.8 Å². The Morgan fingerprint density at radius 3 is 2.58 bits per heavy atom. The van der Waals surface area contributed by atoms with Gasteiger partial charge in [-0.05, 0) is 30.0 Å². The molecule has 0 aliphatic carbocycles. The summed E-state index contributed by atoms with van der Waals surface area (Å²) in [6.07, 6.45) is 0.495. The highest BCUT2D eigenvalue weighted by atomic mass is 35.5. The first kappa shape index (κ1) is 20.4. The average Bonchev–Trinajstić information content (AvgIpc) is 2.79. The number of rotatable bonds is 5. The molecular weight excluding hydrogens is 354 g/mol. The van der Waals surface area contributed by atoms with Gasteiger partial charge in [0.25, 0.3) is 0 Å². The molecule has 1 aliphatic heterocycles. The zero-order valence-electron chi connectivity index (χ0n) is 13.5. The Balaban J connectivity index is 0.00000288. The van der Waals surface area contributed by atoms with Crippen LogP contribution in [0.4, 0.5) is 5.69 Å². The van der Waals surface area contributed by atoms with Gasteiger partial charge >= 0.3 is 0 Å². The minimum atomic E-state index is -3.25. The van der Waals surface area contributed by atoms with Crippen molar-refractivity contribution in [2.45, 2.75) is 31.2 Å². The third-order valence-electron chi connectivity index (χ3n) is 3.77. The van der Waals surface area contributed by atoms with Gasteiger partial charge < -0.3 is 16.4 Å². The maximum Gasteiger partial charge on any atom is 0.243 e. The number of anilines is 1. The summed E-state index contributed by atoms with van der Waals surface area (Å²) in [7, 11) is -3.25. The molecule has 0 radical (unpaired) electrons. The minimum Gasteiger partial charge on any atom is -0.346 e. The quantitative estimate of drug-likeness (QED) is 0.691. The summed E-state index contributed by atoms with van der Waals surface area (Å²) in [5.41, 5.74) is 6.83. The van der Waals surface area contributed by atoms with Crippen LogP contribution in [0.3, 0.4) is 0 Å². The molecule has 0 fully saturated rings. The van der Waals surface area contributed by atoms with E-state index in [4.69, 9.17) is 5.73 Å². The molecule has 0 bridgehead atoms. The molecule has 2 amide bonds. The third kappa shape index (κ3) is 4.68. The van der Waals surface area contributed by atoms with Crippen molar-refractivity contribution < 1.29 is 18.0 Å². The van der Waals surface area contributed by atoms with E-state index < -0.39 is 27.7 Å². The molecule has 0 spiro atoms. The fourth-order valence-electron chi connectivity index (χ4n) is 2.28. The highest BCUT2D eigenvalue weighted by molar-refractivity contribution is 7.91. The molecule has 24 heavy (non-hydrogen) atoms. The molecule has 4 N–H and O–H groups in total. The molecule has 1 aromatic rings. The van der Waals surface area contributed by atoms with Crippen LogP contribution in [0.25, 0.3) is 0 Å². The van der Waals surface area contributed by atoms with Crippen molar-refractivity contribution in [3.8, 4) is 0 Å². The standard InChI is InChI=1S/C15H21N3O4S.ClH/c1-9(2)14(16)15(20)17-8-13(19)18-11-4-3-10-5-6-23(21,22)12(10)7-11;/h3-4,7,9,14H,5-6,8,16H2,1-2H3,(H,17,20)(H,18,19);1H/t14-;/m0./s1. The molecule has 7 nitrogen and oxygen atoms in total. The second-order valence-electron chi connectivity index (χ2n) is 5.93. The number of hydrogen-bond donors (Lipinski definition) is 3. The minimum absolute atomic E-state index is 0.